The zero-order valence-electron chi connectivity index (χ0n) is 11.7. The Balaban J connectivity index is 2.61. The van der Waals surface area contributed by atoms with Crippen molar-refractivity contribution in [1.29, 1.82) is 0 Å². The van der Waals surface area contributed by atoms with Crippen LogP contribution in [-0.4, -0.2) is 24.1 Å². The van der Waals surface area contributed by atoms with Crippen LogP contribution in [0.3, 0.4) is 0 Å². The highest BCUT2D eigenvalue weighted by molar-refractivity contribution is 7.99. The van der Waals surface area contributed by atoms with Gasteiger partial charge in [-0.15, -0.1) is 0 Å². The van der Waals surface area contributed by atoms with Crippen LogP contribution in [0.4, 0.5) is 0 Å². The summed E-state index contributed by atoms with van der Waals surface area (Å²) >= 11 is 2.15. The van der Waals surface area contributed by atoms with E-state index < -0.39 is 0 Å². The number of rotatable bonds is 5. The average molecular weight is 243 g/mol. The molecule has 1 fully saturated rings. The number of hydrogen-bond acceptors (Lipinski definition) is 2. The lowest BCUT2D eigenvalue weighted by atomic mass is 9.68. The molecule has 3 unspecified atom stereocenters. The predicted octanol–water partition coefficient (Wildman–Crippen LogP) is 3.93. The molecule has 16 heavy (non-hydrogen) atoms. The van der Waals surface area contributed by atoms with Crippen molar-refractivity contribution in [3.8, 4) is 0 Å². The fraction of sp³-hybridized carbons (Fsp3) is 1.00. The van der Waals surface area contributed by atoms with Gasteiger partial charge in [-0.1, -0.05) is 34.1 Å². The molecule has 0 spiro atoms. The molecule has 2 heteroatoms. The van der Waals surface area contributed by atoms with Gasteiger partial charge in [0, 0.05) is 11.3 Å². The lowest BCUT2D eigenvalue weighted by Gasteiger charge is -2.42. The summed E-state index contributed by atoms with van der Waals surface area (Å²) in [4.78, 5) is 0. The fourth-order valence-corrected chi connectivity index (χ4v) is 4.16. The molecule has 3 atom stereocenters. The van der Waals surface area contributed by atoms with E-state index in [1.807, 2.05) is 0 Å². The molecular weight excluding hydrogens is 214 g/mol. The van der Waals surface area contributed by atoms with Crippen molar-refractivity contribution in [3.05, 3.63) is 0 Å². The molecule has 0 aromatic rings. The van der Waals surface area contributed by atoms with Crippen LogP contribution >= 0.6 is 11.8 Å². The molecule has 0 aromatic heterocycles. The quantitative estimate of drug-likeness (QED) is 0.785. The predicted molar refractivity (Wildman–Crippen MR) is 76.2 cm³/mol. The largest absolute Gasteiger partial charge is 0.316 e. The number of nitrogens with one attached hydrogen (secondary N) is 1. The highest BCUT2D eigenvalue weighted by Gasteiger charge is 2.36. The van der Waals surface area contributed by atoms with Crippen LogP contribution < -0.4 is 5.32 Å². The average Bonchev–Trinajstić information content (AvgIpc) is 2.29. The Morgan fingerprint density at radius 1 is 1.25 bits per heavy atom. The van der Waals surface area contributed by atoms with E-state index in [-0.39, 0.29) is 0 Å². The second-order valence-electron chi connectivity index (χ2n) is 5.74. The Morgan fingerprint density at radius 2 is 1.94 bits per heavy atom. The highest BCUT2D eigenvalue weighted by atomic mass is 32.2. The van der Waals surface area contributed by atoms with Gasteiger partial charge in [0.25, 0.3) is 0 Å². The molecule has 1 N–H and O–H groups in total. The maximum Gasteiger partial charge on any atom is 0.0203 e. The van der Waals surface area contributed by atoms with Crippen molar-refractivity contribution in [2.75, 3.05) is 12.8 Å². The summed E-state index contributed by atoms with van der Waals surface area (Å²) in [5.41, 5.74) is 0.533. The molecule has 1 nitrogen and oxygen atoms in total. The minimum Gasteiger partial charge on any atom is -0.316 e. The van der Waals surface area contributed by atoms with Crippen LogP contribution in [0.5, 0.6) is 0 Å². The van der Waals surface area contributed by atoms with E-state index in [0.717, 1.165) is 17.2 Å². The van der Waals surface area contributed by atoms with Crippen LogP contribution in [0.2, 0.25) is 0 Å². The van der Waals surface area contributed by atoms with Crippen molar-refractivity contribution in [2.45, 2.75) is 64.7 Å². The van der Waals surface area contributed by atoms with Crippen LogP contribution in [0.15, 0.2) is 0 Å². The van der Waals surface area contributed by atoms with Crippen molar-refractivity contribution in [1.82, 2.24) is 5.32 Å². The fourth-order valence-electron chi connectivity index (χ4n) is 2.86. The standard InChI is InChI=1S/C14H29NS/c1-6-14(3,4)11-8-9-12(15-5)13(10-11)16-7-2/h11-13,15H,6-10H2,1-5H3. The van der Waals surface area contributed by atoms with Gasteiger partial charge in [-0.2, -0.15) is 11.8 Å². The van der Waals surface area contributed by atoms with Gasteiger partial charge >= 0.3 is 0 Å². The molecule has 0 saturated heterocycles. The number of thioether (sulfide) groups is 1. The third kappa shape index (κ3) is 3.40. The molecule has 0 heterocycles. The van der Waals surface area contributed by atoms with E-state index >= 15 is 0 Å². The molecule has 1 rings (SSSR count). The highest BCUT2D eigenvalue weighted by Crippen LogP contribution is 2.43. The monoisotopic (exact) mass is 243 g/mol. The minimum atomic E-state index is 0.533. The van der Waals surface area contributed by atoms with Crippen LogP contribution in [0, 0.1) is 11.3 Å². The second-order valence-corrected chi connectivity index (χ2v) is 7.26. The third-order valence-electron chi connectivity index (χ3n) is 4.56. The molecule has 96 valence electrons. The zero-order chi connectivity index (χ0) is 12.2. The summed E-state index contributed by atoms with van der Waals surface area (Å²) in [7, 11) is 2.12. The van der Waals surface area contributed by atoms with Gasteiger partial charge in [0.15, 0.2) is 0 Å². The summed E-state index contributed by atoms with van der Waals surface area (Å²) in [6.45, 7) is 9.52. The van der Waals surface area contributed by atoms with Gasteiger partial charge in [0.1, 0.15) is 0 Å². The smallest absolute Gasteiger partial charge is 0.0203 e. The topological polar surface area (TPSA) is 12.0 Å². The lowest BCUT2D eigenvalue weighted by molar-refractivity contribution is 0.143. The first-order valence-electron chi connectivity index (χ1n) is 6.84. The maximum absolute atomic E-state index is 3.51. The summed E-state index contributed by atoms with van der Waals surface area (Å²) in [6, 6.07) is 0.744. The molecule has 0 radical (unpaired) electrons. The molecule has 0 aromatic carbocycles. The maximum atomic E-state index is 3.51. The van der Waals surface area contributed by atoms with Crippen LogP contribution in [0.25, 0.3) is 0 Å². The van der Waals surface area contributed by atoms with Crippen molar-refractivity contribution in [3.63, 3.8) is 0 Å². The van der Waals surface area contributed by atoms with Crippen molar-refractivity contribution in [2.24, 2.45) is 11.3 Å². The molecule has 0 amide bonds. The molecule has 0 bridgehead atoms. The van der Waals surface area contributed by atoms with E-state index in [2.05, 4.69) is 51.8 Å². The van der Waals surface area contributed by atoms with E-state index in [9.17, 15) is 0 Å². The van der Waals surface area contributed by atoms with E-state index in [0.29, 0.717) is 5.41 Å². The van der Waals surface area contributed by atoms with Crippen LogP contribution in [0.1, 0.15) is 53.4 Å². The van der Waals surface area contributed by atoms with Crippen molar-refractivity contribution < 1.29 is 0 Å². The summed E-state index contributed by atoms with van der Waals surface area (Å²) in [5, 5.41) is 4.34. The Labute approximate surface area is 106 Å². The van der Waals surface area contributed by atoms with Gasteiger partial charge in [0.05, 0.1) is 0 Å². The normalized spacial score (nSPS) is 31.7. The molecule has 0 aliphatic heterocycles. The first-order chi connectivity index (χ1) is 7.55. The van der Waals surface area contributed by atoms with Crippen LogP contribution in [-0.2, 0) is 0 Å². The zero-order valence-corrected chi connectivity index (χ0v) is 12.5. The summed E-state index contributed by atoms with van der Waals surface area (Å²) in [6.07, 6.45) is 5.49. The lowest BCUT2D eigenvalue weighted by Crippen LogP contribution is -2.43. The Kier molecular flexibility index (Phi) is 5.66. The molecule has 1 aliphatic carbocycles. The summed E-state index contributed by atoms with van der Waals surface area (Å²) < 4.78 is 0. The third-order valence-corrected chi connectivity index (χ3v) is 5.84. The van der Waals surface area contributed by atoms with Gasteiger partial charge in [-0.05, 0) is 43.4 Å². The Morgan fingerprint density at radius 3 is 2.44 bits per heavy atom. The van der Waals surface area contributed by atoms with E-state index in [4.69, 9.17) is 0 Å². The van der Waals surface area contributed by atoms with E-state index in [1.165, 1.54) is 31.4 Å². The Hall–Kier alpha value is 0.310. The van der Waals surface area contributed by atoms with E-state index in [1.54, 1.807) is 0 Å². The first kappa shape index (κ1) is 14.4. The SMILES string of the molecule is CCSC1CC(C(C)(C)CC)CCC1NC. The minimum absolute atomic E-state index is 0.533. The van der Waals surface area contributed by atoms with Gasteiger partial charge in [0.2, 0.25) is 0 Å². The number of hydrogen-bond donors (Lipinski definition) is 1. The van der Waals surface area contributed by atoms with Crippen molar-refractivity contribution >= 4 is 11.8 Å². The molecular formula is C14H29NS. The first-order valence-corrected chi connectivity index (χ1v) is 7.88. The molecule has 1 saturated carbocycles. The van der Waals surface area contributed by atoms with Gasteiger partial charge in [-0.3, -0.25) is 0 Å². The molecule has 1 aliphatic rings. The second kappa shape index (κ2) is 6.30. The van der Waals surface area contributed by atoms with Gasteiger partial charge in [-0.25, -0.2) is 0 Å². The van der Waals surface area contributed by atoms with Gasteiger partial charge < -0.3 is 5.32 Å². The summed E-state index contributed by atoms with van der Waals surface area (Å²) in [5.74, 6) is 2.17. The Bertz CT molecular complexity index is 203.